The molecule has 17 rings (SSSR count). The number of para-hydroxylation sites is 5. The minimum atomic E-state index is -0.775. The van der Waals surface area contributed by atoms with E-state index in [4.69, 9.17) is 23.7 Å². The molecule has 0 amide bonds. The summed E-state index contributed by atoms with van der Waals surface area (Å²) in [5.41, 5.74) is 10.1. The van der Waals surface area contributed by atoms with E-state index in [1.807, 2.05) is 286 Å². The first-order valence-electron chi connectivity index (χ1n) is 38.6. The third-order valence-corrected chi connectivity index (χ3v) is 20.2. The van der Waals surface area contributed by atoms with Gasteiger partial charge in [-0.3, -0.25) is 0 Å². The van der Waals surface area contributed by atoms with Crippen LogP contribution in [0.2, 0.25) is 0 Å². The summed E-state index contributed by atoms with van der Waals surface area (Å²) in [7, 11) is 0. The Morgan fingerprint density at radius 2 is 0.330 bits per heavy atom. The lowest BCUT2D eigenvalue weighted by atomic mass is 10.1. The fraction of sp³-hybridized carbons (Fsp3) is 0.206. The second kappa shape index (κ2) is 27.4. The largest absolute Gasteiger partial charge is 0.443 e. The maximum Gasteiger partial charge on any atom is 0.419 e. The smallest absolute Gasteiger partial charge is 0.419 e. The highest BCUT2D eigenvalue weighted by Crippen LogP contribution is 2.48. The van der Waals surface area contributed by atoms with Gasteiger partial charge in [0.25, 0.3) is 0 Å². The van der Waals surface area contributed by atoms with Gasteiger partial charge in [0.1, 0.15) is 28.0 Å². The van der Waals surface area contributed by atoms with E-state index in [0.717, 1.165) is 105 Å². The summed E-state index contributed by atoms with van der Waals surface area (Å²) in [4.78, 5) is 78.2. The van der Waals surface area contributed by atoms with E-state index >= 15 is 0 Å². The first kappa shape index (κ1) is 74.2. The number of aromatic nitrogens is 5. The van der Waals surface area contributed by atoms with Crippen LogP contribution in [0.3, 0.4) is 0 Å². The number of hydrogen-bond donors (Lipinski definition) is 0. The van der Waals surface area contributed by atoms with Crippen molar-refractivity contribution in [3.05, 3.63) is 261 Å². The topological polar surface area (TPSA) is 166 Å². The molecule has 5 aromatic heterocycles. The molecule has 17 aromatic rings. The third-order valence-electron chi connectivity index (χ3n) is 20.2. The van der Waals surface area contributed by atoms with Crippen LogP contribution in [0, 0.1) is 0 Å². The van der Waals surface area contributed by atoms with Crippen LogP contribution in [-0.4, -0.2) is 81.3 Å². The molecule has 0 bridgehead atoms. The molecular weight excluding hydrogens is 1440 g/mol. The molecule has 18 nitrogen and oxygen atoms in total. The van der Waals surface area contributed by atoms with E-state index in [9.17, 15) is 24.0 Å². The van der Waals surface area contributed by atoms with Crippen molar-refractivity contribution in [2.75, 3.05) is 14.7 Å². The molecule has 0 aliphatic rings. The van der Waals surface area contributed by atoms with Crippen LogP contribution in [-0.2, 0) is 23.7 Å². The van der Waals surface area contributed by atoms with Gasteiger partial charge < -0.3 is 38.4 Å². The molecule has 0 radical (unpaired) electrons. The molecule has 115 heavy (non-hydrogen) atoms. The Hall–Kier alpha value is -13.6. The first-order valence-corrected chi connectivity index (χ1v) is 38.6. The second-order valence-corrected chi connectivity index (χ2v) is 34.2. The fourth-order valence-corrected chi connectivity index (χ4v) is 15.9. The Balaban J connectivity index is 0.857. The molecule has 0 unspecified atom stereocenters. The zero-order valence-electron chi connectivity index (χ0n) is 67.0. The van der Waals surface area contributed by atoms with Gasteiger partial charge in [0.05, 0.1) is 55.2 Å². The molecule has 0 spiro atoms. The van der Waals surface area contributed by atoms with Crippen LogP contribution in [0.4, 0.5) is 75.2 Å². The molecule has 12 aromatic carbocycles. The van der Waals surface area contributed by atoms with Gasteiger partial charge >= 0.3 is 30.5 Å². The van der Waals surface area contributed by atoms with Gasteiger partial charge in [-0.25, -0.2) is 46.8 Å². The first-order chi connectivity index (χ1) is 54.7. The van der Waals surface area contributed by atoms with Crippen molar-refractivity contribution < 1.29 is 47.7 Å². The minimum Gasteiger partial charge on any atom is -0.443 e. The molecular formula is C97H88N8O10. The molecule has 0 aliphatic carbocycles. The summed E-state index contributed by atoms with van der Waals surface area (Å²) in [6.45, 7) is 27.9. The Morgan fingerprint density at radius 1 is 0.191 bits per heavy atom. The Bertz CT molecular complexity index is 6230. The number of nitrogens with zero attached hydrogens (tertiary/aromatic N) is 8. The zero-order chi connectivity index (χ0) is 80.7. The van der Waals surface area contributed by atoms with Gasteiger partial charge in [0.15, 0.2) is 0 Å². The fourth-order valence-electron chi connectivity index (χ4n) is 15.9. The molecule has 5 heterocycles. The Labute approximate surface area is 664 Å². The summed E-state index contributed by atoms with van der Waals surface area (Å²) < 4.78 is 38.6. The van der Waals surface area contributed by atoms with Gasteiger partial charge in [-0.2, -0.15) is 0 Å². The lowest BCUT2D eigenvalue weighted by Crippen LogP contribution is -2.27. The van der Waals surface area contributed by atoms with Gasteiger partial charge in [0, 0.05) is 105 Å². The molecule has 0 N–H and O–H groups in total. The summed E-state index contributed by atoms with van der Waals surface area (Å²) >= 11 is 0. The Kier molecular flexibility index (Phi) is 17.6. The van der Waals surface area contributed by atoms with Crippen molar-refractivity contribution in [2.24, 2.45) is 0 Å². The van der Waals surface area contributed by atoms with Crippen LogP contribution in [0.5, 0.6) is 0 Å². The monoisotopic (exact) mass is 1520 g/mol. The molecule has 18 heteroatoms. The summed E-state index contributed by atoms with van der Waals surface area (Å²) in [5, 5.41) is 8.46. The van der Waals surface area contributed by atoms with Gasteiger partial charge in [-0.1, -0.05) is 91.0 Å². The number of carbonyl (C=O) groups excluding carboxylic acids is 5. The molecule has 576 valence electrons. The summed E-state index contributed by atoms with van der Waals surface area (Å²) in [5.74, 6) is 0. The van der Waals surface area contributed by atoms with Gasteiger partial charge in [-0.15, -0.1) is 0 Å². The van der Waals surface area contributed by atoms with E-state index < -0.39 is 58.5 Å². The summed E-state index contributed by atoms with van der Waals surface area (Å²) in [6.07, 6.45) is -2.46. The number of carbonyl (C=O) groups is 5. The van der Waals surface area contributed by atoms with Crippen molar-refractivity contribution in [3.63, 3.8) is 0 Å². The number of benzene rings is 12. The van der Waals surface area contributed by atoms with Crippen molar-refractivity contribution in [2.45, 2.75) is 132 Å². The maximum absolute atomic E-state index is 14.4. The van der Waals surface area contributed by atoms with E-state index in [0.29, 0.717) is 55.2 Å². The average Bonchev–Trinajstić information content (AvgIpc) is 1.64. The summed E-state index contributed by atoms with van der Waals surface area (Å²) in [6, 6.07) is 86.6. The SMILES string of the molecule is CC(C)(C)OC(=O)n1c2ccccc2c2cc(N(c3ccc(N(c4ccc5c(c4)c4ccccc4n5C(=O)OC(C)(C)C)c4ccc5c(c4)c4ccccc4n5C(=O)OC(C)(C)C)cc3)c3ccc(N(c4ccc5c(c4)c4ccccc4n5C(=O)OC(C)(C)C)c4ccc5c(c4)c4ccccc4n5C(=O)OC(C)(C)C)cc3)ccc21. The number of hydrogen-bond acceptors (Lipinski definition) is 13. The van der Waals surface area contributed by atoms with Crippen LogP contribution in [0.25, 0.3) is 109 Å². The van der Waals surface area contributed by atoms with Crippen molar-refractivity contribution in [1.82, 2.24) is 22.8 Å². The van der Waals surface area contributed by atoms with Gasteiger partial charge in [0.2, 0.25) is 0 Å². The highest BCUT2D eigenvalue weighted by Gasteiger charge is 2.32. The lowest BCUT2D eigenvalue weighted by molar-refractivity contribution is 0.0540. The molecule has 0 saturated heterocycles. The van der Waals surface area contributed by atoms with E-state index in [1.54, 1.807) is 22.8 Å². The zero-order valence-corrected chi connectivity index (χ0v) is 67.0. The highest BCUT2D eigenvalue weighted by molar-refractivity contribution is 6.19. The molecule has 0 aliphatic heterocycles. The highest BCUT2D eigenvalue weighted by atomic mass is 16.6. The third kappa shape index (κ3) is 13.6. The van der Waals surface area contributed by atoms with Crippen LogP contribution in [0.15, 0.2) is 261 Å². The lowest BCUT2D eigenvalue weighted by Gasteiger charge is -2.30. The second-order valence-electron chi connectivity index (χ2n) is 34.2. The van der Waals surface area contributed by atoms with E-state index in [-0.39, 0.29) is 0 Å². The Morgan fingerprint density at radius 3 is 0.496 bits per heavy atom. The molecule has 0 fully saturated rings. The van der Waals surface area contributed by atoms with Crippen molar-refractivity contribution >= 4 is 191 Å². The predicted molar refractivity (Wildman–Crippen MR) is 464 cm³/mol. The standard InChI is InChI=1S/C97H88N8O10/c1-93(2,3)111-88(106)101-78-31-21-16-26-68(78)73-54-63(44-49-83(73)101)98(59-36-40-61(41-37-59)99(64-45-50-84-74(55-64)69-27-17-22-32-79(69)102(84)89(107)112-94(4,5)6)65-46-51-85-75(56-65)70-28-18-23-33-80(70)103(85)90(108)113-95(7,8)9)60-38-42-62(43-39-60)100(66-47-52-86-76(57-66)71-29-19-24-34-81(71)104(86)91(109)114-96(10,11)12)67-48-53-87-77(58-67)72-30-20-25-35-82(72)105(87)92(110)115-97(13,14)15/h16-58H,1-15H3. The van der Waals surface area contributed by atoms with Crippen LogP contribution < -0.4 is 14.7 Å². The number of rotatable bonds is 9. The predicted octanol–water partition coefficient (Wildman–Crippen LogP) is 26.6. The van der Waals surface area contributed by atoms with E-state index in [2.05, 4.69) is 93.6 Å². The maximum atomic E-state index is 14.4. The number of anilines is 9. The van der Waals surface area contributed by atoms with Gasteiger partial charge in [-0.05, 0) is 274 Å². The number of fused-ring (bicyclic) bond motifs is 15. The molecule has 0 saturated carbocycles. The van der Waals surface area contributed by atoms with Crippen LogP contribution in [0.1, 0.15) is 104 Å². The molecule has 0 atom stereocenters. The van der Waals surface area contributed by atoms with Crippen molar-refractivity contribution in [3.8, 4) is 0 Å². The van der Waals surface area contributed by atoms with Crippen molar-refractivity contribution in [1.29, 1.82) is 0 Å². The number of ether oxygens (including phenoxy) is 5. The van der Waals surface area contributed by atoms with Crippen LogP contribution >= 0.6 is 0 Å². The minimum absolute atomic E-state index is 0.490. The van der Waals surface area contributed by atoms with E-state index in [1.165, 1.54) is 0 Å². The normalized spacial score (nSPS) is 12.5. The average molecular weight is 1530 g/mol. The quantitative estimate of drug-likeness (QED) is 0.125.